The zero-order chi connectivity index (χ0) is 25.2. The maximum Gasteiger partial charge on any atom is 0.270 e. The molecule has 0 saturated carbocycles. The second kappa shape index (κ2) is 9.40. The highest BCUT2D eigenvalue weighted by atomic mass is 19.3. The molecule has 0 unspecified atom stereocenters. The van der Waals surface area contributed by atoms with E-state index in [1.165, 1.54) is 24.3 Å². The molecule has 5 nitrogen and oxygen atoms in total. The van der Waals surface area contributed by atoms with Crippen molar-refractivity contribution < 1.29 is 31.3 Å². The predicted molar refractivity (Wildman–Crippen MR) is 115 cm³/mol. The van der Waals surface area contributed by atoms with Crippen molar-refractivity contribution in [2.45, 2.75) is 38.0 Å². The molecule has 1 saturated heterocycles. The van der Waals surface area contributed by atoms with Crippen molar-refractivity contribution in [3.8, 4) is 11.5 Å². The Kier molecular flexibility index (Phi) is 5.52. The van der Waals surface area contributed by atoms with Crippen molar-refractivity contribution in [1.82, 2.24) is 10.1 Å². The Labute approximate surface area is 189 Å². The maximum atomic E-state index is 13.7. The summed E-state index contributed by atoms with van der Waals surface area (Å²) in [5, 5.41) is 5.02. The smallest absolute Gasteiger partial charge is 0.270 e. The second-order valence-electron chi connectivity index (χ2n) is 8.18. The number of fused-ring (bicyclic) bond motifs is 1. The van der Waals surface area contributed by atoms with Crippen LogP contribution in [-0.2, 0) is 5.92 Å². The van der Waals surface area contributed by atoms with Gasteiger partial charge in [-0.25, -0.2) is 13.2 Å². The Morgan fingerprint density at radius 3 is 2.75 bits per heavy atom. The molecule has 0 radical (unpaired) electrons. The third-order valence-corrected chi connectivity index (χ3v) is 5.87. The Hall–Kier alpha value is -2.74. The highest BCUT2D eigenvalue weighted by Crippen LogP contribution is 2.35. The largest absolute Gasteiger partial charge is 0.493 e. The summed E-state index contributed by atoms with van der Waals surface area (Å²) in [4.78, 5) is 2.29. The van der Waals surface area contributed by atoms with E-state index in [0.29, 0.717) is 12.0 Å². The molecule has 0 atom stereocenters. The Balaban J connectivity index is 1.28. The molecule has 2 heterocycles. The van der Waals surface area contributed by atoms with Gasteiger partial charge in [-0.3, -0.25) is 0 Å². The van der Waals surface area contributed by atoms with Gasteiger partial charge in [-0.2, -0.15) is 0 Å². The van der Waals surface area contributed by atoms with Crippen LogP contribution in [0.25, 0.3) is 11.0 Å². The van der Waals surface area contributed by atoms with E-state index in [1.807, 2.05) is 0 Å². The molecule has 2 aromatic carbocycles. The number of aromatic nitrogens is 1. The van der Waals surface area contributed by atoms with Gasteiger partial charge in [0.05, 0.1) is 23.5 Å². The fourth-order valence-corrected chi connectivity index (χ4v) is 4.11. The molecule has 1 aliphatic heterocycles. The number of alkyl halides is 2. The first kappa shape index (κ1) is 18.8. The zero-order valence-corrected chi connectivity index (χ0v) is 17.7. The Morgan fingerprint density at radius 1 is 1.19 bits per heavy atom. The van der Waals surface area contributed by atoms with E-state index >= 15 is 0 Å². The van der Waals surface area contributed by atoms with Gasteiger partial charge in [0.15, 0.2) is 17.1 Å². The average Bonchev–Trinajstić information content (AvgIpc) is 3.19. The van der Waals surface area contributed by atoms with Gasteiger partial charge >= 0.3 is 0 Å². The highest BCUT2D eigenvalue weighted by Gasteiger charge is 2.26. The summed E-state index contributed by atoms with van der Waals surface area (Å²) in [6.07, 6.45) is 2.45. The van der Waals surface area contributed by atoms with Crippen LogP contribution in [-0.4, -0.2) is 43.3 Å². The van der Waals surface area contributed by atoms with E-state index in [4.69, 9.17) is 18.1 Å². The second-order valence-corrected chi connectivity index (χ2v) is 8.18. The van der Waals surface area contributed by atoms with Gasteiger partial charge < -0.3 is 18.9 Å². The molecular weight excluding hydrogens is 421 g/mol. The van der Waals surface area contributed by atoms with Crippen LogP contribution >= 0.6 is 0 Å². The number of hydrogen-bond acceptors (Lipinski definition) is 5. The van der Waals surface area contributed by atoms with Crippen molar-refractivity contribution in [1.29, 1.82) is 0 Å². The number of likely N-dealkylation sites (tertiary alicyclic amines) is 1. The lowest BCUT2D eigenvalue weighted by molar-refractivity contribution is 0.0172. The lowest BCUT2D eigenvalue weighted by Gasteiger charge is -2.31. The molecule has 1 fully saturated rings. The van der Waals surface area contributed by atoms with E-state index < -0.39 is 13.0 Å². The van der Waals surface area contributed by atoms with Gasteiger partial charge in [-0.05, 0) is 62.7 Å². The van der Waals surface area contributed by atoms with Crippen LogP contribution in [0.4, 0.5) is 13.2 Å². The molecule has 4 rings (SSSR count). The molecule has 0 spiro atoms. The number of halogens is 3. The number of ether oxygens (including phenoxy) is 2. The van der Waals surface area contributed by atoms with Crippen molar-refractivity contribution in [3.63, 3.8) is 0 Å². The number of benzene rings is 2. The summed E-state index contributed by atoms with van der Waals surface area (Å²) in [5.74, 6) is -3.37. The molecule has 0 bridgehead atoms. The molecule has 32 heavy (non-hydrogen) atoms. The summed E-state index contributed by atoms with van der Waals surface area (Å²) < 4.78 is 78.5. The maximum absolute atomic E-state index is 13.7. The van der Waals surface area contributed by atoms with Crippen molar-refractivity contribution in [2.75, 3.05) is 33.3 Å². The van der Waals surface area contributed by atoms with Crippen LogP contribution < -0.4 is 9.47 Å². The first-order chi connectivity index (χ1) is 16.5. The number of rotatable bonds is 8. The van der Waals surface area contributed by atoms with E-state index in [2.05, 4.69) is 10.1 Å². The third kappa shape index (κ3) is 5.01. The summed E-state index contributed by atoms with van der Waals surface area (Å²) in [7, 11) is -2.78. The van der Waals surface area contributed by atoms with E-state index in [0.717, 1.165) is 56.5 Å². The quantitative estimate of drug-likeness (QED) is 0.409. The standard InChI is InChI=1S/C24H27F3N2O3/c1-24(26,27)17-4-7-20(22(14-17)30-2)31-13-3-10-29-11-8-16(9-12-29)23-19-6-5-18(25)15-21(19)32-28-23/h4-7,14-16H,3,8-13H2,1-2H3/i2D3. The molecule has 0 N–H and O–H groups in total. The van der Waals surface area contributed by atoms with Crippen LogP contribution in [0.5, 0.6) is 11.5 Å². The summed E-state index contributed by atoms with van der Waals surface area (Å²) >= 11 is 0. The summed E-state index contributed by atoms with van der Waals surface area (Å²) in [5.41, 5.74) is 0.972. The fraction of sp³-hybridized carbons (Fsp3) is 0.458. The molecule has 172 valence electrons. The van der Waals surface area contributed by atoms with Crippen LogP contribution in [0.1, 0.15) is 47.5 Å². The van der Waals surface area contributed by atoms with Crippen molar-refractivity contribution in [2.24, 2.45) is 0 Å². The summed E-state index contributed by atoms with van der Waals surface area (Å²) in [6.45, 7) is 3.48. The molecular formula is C24H27F3N2O3. The molecule has 0 amide bonds. The molecule has 1 aromatic heterocycles. The normalized spacial score (nSPS) is 17.7. The highest BCUT2D eigenvalue weighted by molar-refractivity contribution is 5.79. The fourth-order valence-electron chi connectivity index (χ4n) is 4.11. The number of nitrogens with zero attached hydrogens (tertiary/aromatic N) is 2. The number of hydrogen-bond donors (Lipinski definition) is 0. The topological polar surface area (TPSA) is 47.7 Å². The van der Waals surface area contributed by atoms with Crippen LogP contribution in [0.3, 0.4) is 0 Å². The van der Waals surface area contributed by atoms with Crippen molar-refractivity contribution >= 4 is 11.0 Å². The van der Waals surface area contributed by atoms with Gasteiger partial charge in [-0.15, -0.1) is 0 Å². The van der Waals surface area contributed by atoms with E-state index in [1.54, 1.807) is 6.07 Å². The van der Waals surface area contributed by atoms with Gasteiger partial charge in [0, 0.05) is 36.4 Å². The van der Waals surface area contributed by atoms with E-state index in [-0.39, 0.29) is 35.4 Å². The molecule has 8 heteroatoms. The van der Waals surface area contributed by atoms with Crippen molar-refractivity contribution in [3.05, 3.63) is 53.5 Å². The third-order valence-electron chi connectivity index (χ3n) is 5.87. The lowest BCUT2D eigenvalue weighted by Crippen LogP contribution is -2.34. The Morgan fingerprint density at radius 2 is 2.00 bits per heavy atom. The zero-order valence-electron chi connectivity index (χ0n) is 20.7. The molecule has 3 aromatic rings. The van der Waals surface area contributed by atoms with E-state index in [9.17, 15) is 13.2 Å². The van der Waals surface area contributed by atoms with Gasteiger partial charge in [0.2, 0.25) is 0 Å². The predicted octanol–water partition coefficient (Wildman–Crippen LogP) is 5.74. The SMILES string of the molecule is [2H]C([2H])([2H])Oc1cc(C(C)(F)F)ccc1OCCCN1CCC(c2noc3cc(F)ccc23)CC1. The average molecular weight is 452 g/mol. The number of piperidine rings is 1. The van der Waals surface area contributed by atoms with Crippen LogP contribution in [0, 0.1) is 5.82 Å². The lowest BCUT2D eigenvalue weighted by atomic mass is 9.91. The van der Waals surface area contributed by atoms with Crippen LogP contribution in [0.2, 0.25) is 0 Å². The minimum absolute atomic E-state index is 0.113. The minimum atomic E-state index is -3.13. The minimum Gasteiger partial charge on any atom is -0.493 e. The van der Waals surface area contributed by atoms with Gasteiger partial charge in [-0.1, -0.05) is 5.16 Å². The van der Waals surface area contributed by atoms with Gasteiger partial charge in [0.1, 0.15) is 5.82 Å². The van der Waals surface area contributed by atoms with Crippen LogP contribution in [0.15, 0.2) is 40.9 Å². The molecule has 0 aliphatic carbocycles. The summed E-state index contributed by atoms with van der Waals surface area (Å²) in [6, 6.07) is 7.99. The molecule has 1 aliphatic rings. The first-order valence-electron chi connectivity index (χ1n) is 12.1. The number of methoxy groups -OCH3 is 1. The Bertz CT molecular complexity index is 1160. The monoisotopic (exact) mass is 451 g/mol. The van der Waals surface area contributed by atoms with Gasteiger partial charge in [0.25, 0.3) is 5.92 Å². The first-order valence-corrected chi connectivity index (χ1v) is 10.6.